The second-order valence-corrected chi connectivity index (χ2v) is 7.54. The standard InChI is InChI=1S/C20H27N5O3/c1-13-12-17(24-8-10-27-11-9-24)23-19(21-13)16-4-6-25(7-5-16)20(26)18-14(2)22-15(3)28-18/h12,16H,4-11H2,1-3H3. The van der Waals surface area contributed by atoms with E-state index >= 15 is 0 Å². The van der Waals surface area contributed by atoms with E-state index in [-0.39, 0.29) is 11.8 Å². The lowest BCUT2D eigenvalue weighted by atomic mass is 9.95. The minimum absolute atomic E-state index is 0.0734. The van der Waals surface area contributed by atoms with Gasteiger partial charge in [-0.3, -0.25) is 4.79 Å². The Labute approximate surface area is 164 Å². The summed E-state index contributed by atoms with van der Waals surface area (Å²) in [5.74, 6) is 2.95. The van der Waals surface area contributed by atoms with Crippen LogP contribution in [-0.2, 0) is 4.74 Å². The van der Waals surface area contributed by atoms with Crippen molar-refractivity contribution >= 4 is 11.7 Å². The predicted molar refractivity (Wildman–Crippen MR) is 104 cm³/mol. The van der Waals surface area contributed by atoms with Crippen molar-refractivity contribution in [2.75, 3.05) is 44.3 Å². The number of nitrogens with zero attached hydrogens (tertiary/aromatic N) is 5. The minimum Gasteiger partial charge on any atom is -0.436 e. The Balaban J connectivity index is 1.44. The van der Waals surface area contributed by atoms with Gasteiger partial charge in [-0.1, -0.05) is 0 Å². The number of piperidine rings is 1. The topological polar surface area (TPSA) is 84.6 Å². The minimum atomic E-state index is -0.0734. The number of carbonyl (C=O) groups excluding carboxylic acids is 1. The van der Waals surface area contributed by atoms with Gasteiger partial charge in [-0.15, -0.1) is 0 Å². The number of anilines is 1. The molecule has 0 bridgehead atoms. The smallest absolute Gasteiger partial charge is 0.291 e. The van der Waals surface area contributed by atoms with Crippen LogP contribution in [0.2, 0.25) is 0 Å². The van der Waals surface area contributed by atoms with Crippen LogP contribution in [0.15, 0.2) is 10.5 Å². The molecule has 2 aromatic rings. The largest absolute Gasteiger partial charge is 0.436 e. The highest BCUT2D eigenvalue weighted by atomic mass is 16.5. The van der Waals surface area contributed by atoms with E-state index in [1.54, 1.807) is 6.92 Å². The first kappa shape index (κ1) is 18.9. The van der Waals surface area contributed by atoms with E-state index in [9.17, 15) is 4.79 Å². The number of ether oxygens (including phenoxy) is 1. The van der Waals surface area contributed by atoms with Crippen LogP contribution < -0.4 is 4.90 Å². The van der Waals surface area contributed by atoms with E-state index in [1.165, 1.54) is 0 Å². The zero-order valence-electron chi connectivity index (χ0n) is 16.8. The molecule has 2 aromatic heterocycles. The van der Waals surface area contributed by atoms with Gasteiger partial charge in [-0.05, 0) is 26.7 Å². The summed E-state index contributed by atoms with van der Waals surface area (Å²) in [6.45, 7) is 10.1. The van der Waals surface area contributed by atoms with E-state index in [0.717, 1.165) is 56.5 Å². The van der Waals surface area contributed by atoms with Crippen LogP contribution >= 0.6 is 0 Å². The average Bonchev–Trinajstić information content (AvgIpc) is 3.06. The van der Waals surface area contributed by atoms with Gasteiger partial charge < -0.3 is 19.0 Å². The van der Waals surface area contributed by atoms with Gasteiger partial charge in [0.15, 0.2) is 5.89 Å². The van der Waals surface area contributed by atoms with Gasteiger partial charge in [0, 0.05) is 50.8 Å². The first-order valence-electron chi connectivity index (χ1n) is 9.93. The van der Waals surface area contributed by atoms with Crippen molar-refractivity contribution < 1.29 is 13.9 Å². The monoisotopic (exact) mass is 385 g/mol. The normalized spacial score (nSPS) is 18.5. The highest BCUT2D eigenvalue weighted by Crippen LogP contribution is 2.28. The van der Waals surface area contributed by atoms with Crippen molar-refractivity contribution in [3.63, 3.8) is 0 Å². The first-order valence-corrected chi connectivity index (χ1v) is 9.93. The molecule has 2 fully saturated rings. The highest BCUT2D eigenvalue weighted by molar-refractivity contribution is 5.92. The molecule has 0 unspecified atom stereocenters. The van der Waals surface area contributed by atoms with Crippen LogP contribution in [0.4, 0.5) is 5.82 Å². The summed E-state index contributed by atoms with van der Waals surface area (Å²) >= 11 is 0. The Morgan fingerprint density at radius 3 is 2.39 bits per heavy atom. The van der Waals surface area contributed by atoms with Gasteiger partial charge in [0.1, 0.15) is 11.6 Å². The lowest BCUT2D eigenvalue weighted by molar-refractivity contribution is 0.0676. The number of likely N-dealkylation sites (tertiary alicyclic amines) is 1. The van der Waals surface area contributed by atoms with Crippen LogP contribution in [0.3, 0.4) is 0 Å². The Morgan fingerprint density at radius 1 is 1.04 bits per heavy atom. The van der Waals surface area contributed by atoms with E-state index in [1.807, 2.05) is 24.8 Å². The fraction of sp³-hybridized carbons (Fsp3) is 0.600. The summed E-state index contributed by atoms with van der Waals surface area (Å²) < 4.78 is 10.9. The van der Waals surface area contributed by atoms with E-state index in [4.69, 9.17) is 19.1 Å². The third-order valence-electron chi connectivity index (χ3n) is 5.44. The predicted octanol–water partition coefficient (Wildman–Crippen LogP) is 2.25. The Hall–Kier alpha value is -2.48. The van der Waals surface area contributed by atoms with Crippen molar-refractivity contribution in [1.29, 1.82) is 0 Å². The molecule has 4 rings (SSSR count). The Morgan fingerprint density at radius 2 is 1.75 bits per heavy atom. The number of amides is 1. The fourth-order valence-corrected chi connectivity index (χ4v) is 3.93. The van der Waals surface area contributed by atoms with Crippen LogP contribution in [0.25, 0.3) is 0 Å². The third-order valence-corrected chi connectivity index (χ3v) is 5.44. The first-order chi connectivity index (χ1) is 13.5. The molecular formula is C20H27N5O3. The Bertz CT molecular complexity index is 852. The molecule has 0 atom stereocenters. The van der Waals surface area contributed by atoms with E-state index < -0.39 is 0 Å². The number of aryl methyl sites for hydroxylation is 3. The van der Waals surface area contributed by atoms with Crippen LogP contribution in [0.1, 0.15) is 52.4 Å². The number of morpholine rings is 1. The molecule has 8 nitrogen and oxygen atoms in total. The molecular weight excluding hydrogens is 358 g/mol. The van der Waals surface area contributed by atoms with Crippen LogP contribution in [0.5, 0.6) is 0 Å². The molecule has 0 N–H and O–H groups in total. The van der Waals surface area contributed by atoms with Gasteiger partial charge in [-0.25, -0.2) is 15.0 Å². The van der Waals surface area contributed by atoms with Crippen molar-refractivity contribution in [2.24, 2.45) is 0 Å². The molecule has 2 aliphatic rings. The van der Waals surface area contributed by atoms with Gasteiger partial charge in [0.25, 0.3) is 5.91 Å². The molecule has 2 aliphatic heterocycles. The fourth-order valence-electron chi connectivity index (χ4n) is 3.93. The van der Waals surface area contributed by atoms with E-state index in [2.05, 4.69) is 9.88 Å². The summed E-state index contributed by atoms with van der Waals surface area (Å²) in [4.78, 5) is 30.6. The second-order valence-electron chi connectivity index (χ2n) is 7.54. The number of hydrogen-bond donors (Lipinski definition) is 0. The number of carbonyl (C=O) groups is 1. The third kappa shape index (κ3) is 3.87. The van der Waals surface area contributed by atoms with Crippen molar-refractivity contribution in [1.82, 2.24) is 19.9 Å². The lowest BCUT2D eigenvalue weighted by Gasteiger charge is -2.32. The summed E-state index contributed by atoms with van der Waals surface area (Å²) in [7, 11) is 0. The lowest BCUT2D eigenvalue weighted by Crippen LogP contribution is -2.39. The SMILES string of the molecule is Cc1cc(N2CCOCC2)nc(C2CCN(C(=O)c3oc(C)nc3C)CC2)n1. The van der Waals surface area contributed by atoms with Gasteiger partial charge >= 0.3 is 0 Å². The molecule has 4 heterocycles. The zero-order valence-corrected chi connectivity index (χ0v) is 16.8. The van der Waals surface area contributed by atoms with Gasteiger partial charge in [0.05, 0.1) is 18.9 Å². The van der Waals surface area contributed by atoms with Gasteiger partial charge in [0.2, 0.25) is 5.76 Å². The second kappa shape index (κ2) is 7.87. The summed E-state index contributed by atoms with van der Waals surface area (Å²) in [6.07, 6.45) is 1.70. The maximum Gasteiger partial charge on any atom is 0.291 e. The average molecular weight is 385 g/mol. The van der Waals surface area contributed by atoms with Gasteiger partial charge in [-0.2, -0.15) is 0 Å². The van der Waals surface area contributed by atoms with E-state index in [0.29, 0.717) is 30.4 Å². The Kier molecular flexibility index (Phi) is 5.30. The number of oxazole rings is 1. The number of rotatable bonds is 3. The number of aromatic nitrogens is 3. The molecule has 0 spiro atoms. The van der Waals surface area contributed by atoms with Crippen molar-refractivity contribution in [3.05, 3.63) is 34.9 Å². The van der Waals surface area contributed by atoms with Crippen molar-refractivity contribution in [2.45, 2.75) is 39.5 Å². The summed E-state index contributed by atoms with van der Waals surface area (Å²) in [5.41, 5.74) is 1.64. The van der Waals surface area contributed by atoms with Crippen LogP contribution in [0, 0.1) is 20.8 Å². The molecule has 0 aromatic carbocycles. The quantitative estimate of drug-likeness (QED) is 0.801. The molecule has 0 saturated carbocycles. The van der Waals surface area contributed by atoms with Crippen molar-refractivity contribution in [3.8, 4) is 0 Å². The van der Waals surface area contributed by atoms with Crippen LogP contribution in [-0.4, -0.2) is 65.2 Å². The maximum atomic E-state index is 12.7. The molecule has 1 amide bonds. The molecule has 28 heavy (non-hydrogen) atoms. The summed E-state index contributed by atoms with van der Waals surface area (Å²) in [5, 5.41) is 0. The molecule has 0 aliphatic carbocycles. The zero-order chi connectivity index (χ0) is 19.7. The summed E-state index contributed by atoms with van der Waals surface area (Å²) in [6, 6.07) is 2.04. The molecule has 150 valence electrons. The molecule has 8 heteroatoms. The highest BCUT2D eigenvalue weighted by Gasteiger charge is 2.29. The number of hydrogen-bond acceptors (Lipinski definition) is 7. The molecule has 0 radical (unpaired) electrons. The maximum absolute atomic E-state index is 12.7. The molecule has 2 saturated heterocycles.